The summed E-state index contributed by atoms with van der Waals surface area (Å²) < 4.78 is 5.91. The van der Waals surface area contributed by atoms with Gasteiger partial charge >= 0.3 is 0 Å². The second-order valence-corrected chi connectivity index (χ2v) is 6.36. The number of aliphatic hydroxyl groups excluding tert-OH is 1. The number of ether oxygens (including phenoxy) is 1. The van der Waals surface area contributed by atoms with E-state index in [-0.39, 0.29) is 6.04 Å². The topological polar surface area (TPSA) is 65.3 Å². The number of hydrogen-bond acceptors (Lipinski definition) is 4. The highest BCUT2D eigenvalue weighted by Crippen LogP contribution is 2.40. The third-order valence-corrected chi connectivity index (χ3v) is 4.24. The number of benzene rings is 2. The van der Waals surface area contributed by atoms with Crippen molar-refractivity contribution >= 4 is 0 Å². The van der Waals surface area contributed by atoms with E-state index in [9.17, 15) is 5.11 Å². The molecule has 0 amide bonds. The molecule has 2 N–H and O–H groups in total. The largest absolute Gasteiger partial charge is 0.485 e. The first-order chi connectivity index (χ1) is 11.0. The molecule has 0 fully saturated rings. The van der Waals surface area contributed by atoms with Crippen molar-refractivity contribution in [1.29, 1.82) is 5.26 Å². The molecule has 1 aliphatic heterocycles. The fraction of sp³-hybridized carbons (Fsp3) is 0.316. The zero-order valence-corrected chi connectivity index (χ0v) is 13.3. The van der Waals surface area contributed by atoms with E-state index in [0.29, 0.717) is 17.9 Å². The Morgan fingerprint density at radius 1 is 1.22 bits per heavy atom. The van der Waals surface area contributed by atoms with Gasteiger partial charge in [-0.15, -0.1) is 0 Å². The zero-order chi connectivity index (χ0) is 16.4. The lowest BCUT2D eigenvalue weighted by Crippen LogP contribution is -2.52. The van der Waals surface area contributed by atoms with Crippen molar-refractivity contribution in [3.63, 3.8) is 0 Å². The maximum absolute atomic E-state index is 10.7. The molecule has 2 aromatic rings. The van der Waals surface area contributed by atoms with Crippen LogP contribution >= 0.6 is 0 Å². The standard InChI is InChI=1S/C19H20N2O2/c1-19(2)18(22)17(21-12-13-6-4-3-5-7-13)15-10-14(11-20)8-9-16(15)23-19/h3-10,17-18,21-22H,12H2,1-2H3. The van der Waals surface area contributed by atoms with Crippen LogP contribution in [-0.2, 0) is 6.54 Å². The van der Waals surface area contributed by atoms with Crippen molar-refractivity contribution in [3.05, 3.63) is 65.2 Å². The number of rotatable bonds is 3. The Morgan fingerprint density at radius 3 is 2.65 bits per heavy atom. The van der Waals surface area contributed by atoms with Gasteiger partial charge in [0.15, 0.2) is 0 Å². The molecule has 2 atom stereocenters. The Hall–Kier alpha value is -2.35. The molecule has 1 aliphatic rings. The first-order valence-corrected chi connectivity index (χ1v) is 7.70. The lowest BCUT2D eigenvalue weighted by molar-refractivity contribution is -0.0649. The third kappa shape index (κ3) is 3.07. The Kier molecular flexibility index (Phi) is 4.08. The SMILES string of the molecule is CC1(C)Oc2ccc(C#N)cc2C(NCc2ccccc2)C1O. The summed E-state index contributed by atoms with van der Waals surface area (Å²) >= 11 is 0. The van der Waals surface area contributed by atoms with Gasteiger partial charge in [-0.3, -0.25) is 0 Å². The van der Waals surface area contributed by atoms with E-state index in [1.165, 1.54) is 0 Å². The second kappa shape index (κ2) is 6.04. The van der Waals surface area contributed by atoms with Crippen LogP contribution in [0, 0.1) is 11.3 Å². The monoisotopic (exact) mass is 308 g/mol. The van der Waals surface area contributed by atoms with Crippen LogP contribution in [0.5, 0.6) is 5.75 Å². The summed E-state index contributed by atoms with van der Waals surface area (Å²) in [7, 11) is 0. The summed E-state index contributed by atoms with van der Waals surface area (Å²) in [5.41, 5.74) is 1.83. The Bertz CT molecular complexity index is 735. The van der Waals surface area contributed by atoms with Crippen LogP contribution in [-0.4, -0.2) is 16.8 Å². The highest BCUT2D eigenvalue weighted by atomic mass is 16.5. The van der Waals surface area contributed by atoms with Gasteiger partial charge in [0, 0.05) is 12.1 Å². The summed E-state index contributed by atoms with van der Waals surface area (Å²) in [6.45, 7) is 4.38. The summed E-state index contributed by atoms with van der Waals surface area (Å²) in [5, 5.41) is 23.3. The lowest BCUT2D eigenvalue weighted by atomic mass is 9.86. The predicted molar refractivity (Wildman–Crippen MR) is 87.9 cm³/mol. The van der Waals surface area contributed by atoms with Crippen LogP contribution in [0.1, 0.15) is 36.6 Å². The molecule has 23 heavy (non-hydrogen) atoms. The van der Waals surface area contributed by atoms with Gasteiger partial charge in [-0.2, -0.15) is 5.26 Å². The van der Waals surface area contributed by atoms with Crippen molar-refractivity contribution in [3.8, 4) is 11.8 Å². The van der Waals surface area contributed by atoms with Gasteiger partial charge in [0.25, 0.3) is 0 Å². The molecule has 0 aromatic heterocycles. The van der Waals surface area contributed by atoms with Gasteiger partial charge in [-0.1, -0.05) is 30.3 Å². The normalized spacial score (nSPS) is 21.8. The van der Waals surface area contributed by atoms with Crippen LogP contribution in [0.4, 0.5) is 0 Å². The maximum atomic E-state index is 10.7. The van der Waals surface area contributed by atoms with Crippen LogP contribution in [0.3, 0.4) is 0 Å². The van der Waals surface area contributed by atoms with E-state index < -0.39 is 11.7 Å². The summed E-state index contributed by atoms with van der Waals surface area (Å²) in [5.74, 6) is 0.713. The van der Waals surface area contributed by atoms with Gasteiger partial charge in [-0.05, 0) is 37.6 Å². The summed E-state index contributed by atoms with van der Waals surface area (Å²) in [6.07, 6.45) is -0.715. The molecule has 3 rings (SSSR count). The molecule has 118 valence electrons. The second-order valence-electron chi connectivity index (χ2n) is 6.36. The lowest BCUT2D eigenvalue weighted by Gasteiger charge is -2.42. The van der Waals surface area contributed by atoms with Crippen molar-refractivity contribution < 1.29 is 9.84 Å². The molecular weight excluding hydrogens is 288 g/mol. The number of hydrogen-bond donors (Lipinski definition) is 2. The summed E-state index contributed by atoms with van der Waals surface area (Å²) in [4.78, 5) is 0. The van der Waals surface area contributed by atoms with Crippen LogP contribution in [0.15, 0.2) is 48.5 Å². The van der Waals surface area contributed by atoms with Crippen LogP contribution < -0.4 is 10.1 Å². The molecule has 2 unspecified atom stereocenters. The van der Waals surface area contributed by atoms with Gasteiger partial charge in [0.2, 0.25) is 0 Å². The molecule has 0 aliphatic carbocycles. The first kappa shape index (κ1) is 15.5. The van der Waals surface area contributed by atoms with Crippen LogP contribution in [0.2, 0.25) is 0 Å². The van der Waals surface area contributed by atoms with Gasteiger partial charge in [0.05, 0.1) is 17.7 Å². The van der Waals surface area contributed by atoms with Crippen molar-refractivity contribution in [2.24, 2.45) is 0 Å². The van der Waals surface area contributed by atoms with E-state index in [1.807, 2.05) is 44.2 Å². The summed E-state index contributed by atoms with van der Waals surface area (Å²) in [6, 6.07) is 17.2. The molecule has 4 nitrogen and oxygen atoms in total. The number of nitriles is 1. The Balaban J connectivity index is 1.92. The fourth-order valence-electron chi connectivity index (χ4n) is 2.91. The van der Waals surface area contributed by atoms with Crippen LogP contribution in [0.25, 0.3) is 0 Å². The average Bonchev–Trinajstić information content (AvgIpc) is 2.56. The molecule has 0 bridgehead atoms. The van der Waals surface area contributed by atoms with Crippen molar-refractivity contribution in [1.82, 2.24) is 5.32 Å². The van der Waals surface area contributed by atoms with E-state index in [2.05, 4.69) is 11.4 Å². The smallest absolute Gasteiger partial charge is 0.131 e. The van der Waals surface area contributed by atoms with Gasteiger partial charge in [0.1, 0.15) is 17.5 Å². The van der Waals surface area contributed by atoms with E-state index in [1.54, 1.807) is 18.2 Å². The number of fused-ring (bicyclic) bond motifs is 1. The molecule has 0 saturated carbocycles. The molecular formula is C19H20N2O2. The highest BCUT2D eigenvalue weighted by Gasteiger charge is 2.42. The maximum Gasteiger partial charge on any atom is 0.131 e. The number of nitrogens with zero attached hydrogens (tertiary/aromatic N) is 1. The molecule has 4 heteroatoms. The Labute approximate surface area is 136 Å². The van der Waals surface area contributed by atoms with Crippen molar-refractivity contribution in [2.45, 2.75) is 38.1 Å². The van der Waals surface area contributed by atoms with E-state index in [4.69, 9.17) is 10.00 Å². The number of nitrogens with one attached hydrogen (secondary N) is 1. The molecule has 2 aromatic carbocycles. The Morgan fingerprint density at radius 2 is 1.96 bits per heavy atom. The quantitative estimate of drug-likeness (QED) is 0.915. The average molecular weight is 308 g/mol. The molecule has 0 saturated heterocycles. The minimum absolute atomic E-state index is 0.290. The van der Waals surface area contributed by atoms with E-state index >= 15 is 0 Å². The predicted octanol–water partition coefficient (Wildman–Crippen LogP) is 2.92. The first-order valence-electron chi connectivity index (χ1n) is 7.70. The highest BCUT2D eigenvalue weighted by molar-refractivity contribution is 5.46. The number of aliphatic hydroxyl groups is 1. The van der Waals surface area contributed by atoms with Gasteiger partial charge in [-0.25, -0.2) is 0 Å². The van der Waals surface area contributed by atoms with Gasteiger partial charge < -0.3 is 15.2 Å². The molecule has 0 spiro atoms. The van der Waals surface area contributed by atoms with Crippen molar-refractivity contribution in [2.75, 3.05) is 0 Å². The zero-order valence-electron chi connectivity index (χ0n) is 13.3. The minimum atomic E-state index is -0.715. The molecule has 1 heterocycles. The minimum Gasteiger partial charge on any atom is -0.485 e. The molecule has 0 radical (unpaired) electrons. The van der Waals surface area contributed by atoms with E-state index in [0.717, 1.165) is 11.1 Å². The third-order valence-electron chi connectivity index (χ3n) is 4.24. The fourth-order valence-corrected chi connectivity index (χ4v) is 2.91.